The fourth-order valence-corrected chi connectivity index (χ4v) is 5.09. The molecule has 0 aliphatic heterocycles. The minimum Gasteiger partial charge on any atom is -0.306 e. The molecule has 4 aromatic rings. The molecular weight excluding hydrogens is 450 g/mol. The van der Waals surface area contributed by atoms with Crippen LogP contribution in [0.3, 0.4) is 0 Å². The fourth-order valence-electron chi connectivity index (χ4n) is 4.79. The molecule has 1 amide bonds. The molecule has 4 aliphatic carbocycles. The summed E-state index contributed by atoms with van der Waals surface area (Å²) in [6, 6.07) is 35.8. The van der Waals surface area contributed by atoms with Crippen LogP contribution in [0.4, 0.5) is 5.69 Å². The van der Waals surface area contributed by atoms with Gasteiger partial charge < -0.3 is 4.90 Å². The van der Waals surface area contributed by atoms with E-state index < -0.39 is 5.38 Å². The Morgan fingerprint density at radius 3 is 1.89 bits per heavy atom. The minimum atomic E-state index is -0.636. The molecule has 0 spiro atoms. The highest BCUT2D eigenvalue weighted by Crippen LogP contribution is 2.29. The highest BCUT2D eigenvalue weighted by molar-refractivity contribution is 6.33. The van der Waals surface area contributed by atoms with E-state index in [0.29, 0.717) is 13.0 Å². The summed E-state index contributed by atoms with van der Waals surface area (Å²) in [7, 11) is 0. The summed E-state index contributed by atoms with van der Waals surface area (Å²) in [5, 5.41) is -0.636. The summed E-state index contributed by atoms with van der Waals surface area (Å²) in [6.07, 6.45) is 4.24. The molecular formula is C32H30ClNO. The van der Waals surface area contributed by atoms with Crippen LogP contribution in [0.1, 0.15) is 33.4 Å². The van der Waals surface area contributed by atoms with Gasteiger partial charge in [0, 0.05) is 5.69 Å². The van der Waals surface area contributed by atoms with Crippen molar-refractivity contribution in [3.05, 3.63) is 137 Å². The maximum Gasteiger partial charge on any atom is 0.245 e. The number of alkyl halides is 1. The van der Waals surface area contributed by atoms with Gasteiger partial charge in [-0.15, -0.1) is 11.6 Å². The number of hydrogen-bond donors (Lipinski definition) is 0. The van der Waals surface area contributed by atoms with E-state index in [4.69, 9.17) is 11.6 Å². The minimum absolute atomic E-state index is 0.0480. The number of carbonyl (C=O) groups is 1. The number of amides is 1. The number of rotatable bonds is 6. The van der Waals surface area contributed by atoms with Crippen LogP contribution in [0.2, 0.25) is 0 Å². The molecule has 0 aromatic heterocycles. The molecule has 0 radical (unpaired) electrons. The van der Waals surface area contributed by atoms with Gasteiger partial charge in [0.2, 0.25) is 5.91 Å². The van der Waals surface area contributed by atoms with Gasteiger partial charge in [-0.25, -0.2) is 0 Å². The number of aryl methyl sites for hydroxylation is 4. The van der Waals surface area contributed by atoms with Crippen molar-refractivity contribution in [1.29, 1.82) is 0 Å². The van der Waals surface area contributed by atoms with Crippen molar-refractivity contribution in [3.63, 3.8) is 0 Å². The van der Waals surface area contributed by atoms with Crippen LogP contribution >= 0.6 is 11.6 Å². The molecule has 0 saturated carbocycles. The predicted octanol–water partition coefficient (Wildman–Crippen LogP) is 6.95. The summed E-state index contributed by atoms with van der Waals surface area (Å²) in [5.41, 5.74) is 8.26. The van der Waals surface area contributed by atoms with Gasteiger partial charge in [-0.2, -0.15) is 0 Å². The smallest absolute Gasteiger partial charge is 0.245 e. The summed E-state index contributed by atoms with van der Waals surface area (Å²) < 4.78 is 0. The molecule has 8 rings (SSSR count). The third-order valence-electron chi connectivity index (χ3n) is 6.82. The fraction of sp³-hybridized carbons (Fsp3) is 0.219. The molecule has 1 unspecified atom stereocenters. The lowest BCUT2D eigenvalue weighted by atomic mass is 9.94. The van der Waals surface area contributed by atoms with Gasteiger partial charge in [0.05, 0.1) is 6.54 Å². The first-order valence-corrected chi connectivity index (χ1v) is 12.8. The molecule has 35 heavy (non-hydrogen) atoms. The van der Waals surface area contributed by atoms with E-state index in [2.05, 4.69) is 54.6 Å². The Morgan fingerprint density at radius 2 is 1.23 bits per heavy atom. The number of anilines is 1. The van der Waals surface area contributed by atoms with Crippen LogP contribution in [0, 0.1) is 0 Å². The Labute approximate surface area is 213 Å². The average Bonchev–Trinajstić information content (AvgIpc) is 2.89. The van der Waals surface area contributed by atoms with E-state index in [1.165, 1.54) is 22.3 Å². The van der Waals surface area contributed by atoms with Gasteiger partial charge in [-0.05, 0) is 71.6 Å². The average molecular weight is 480 g/mol. The first kappa shape index (κ1) is 23.4. The maximum atomic E-state index is 13.9. The molecule has 4 aliphatic rings. The quantitative estimate of drug-likeness (QED) is 0.274. The molecule has 0 saturated heterocycles. The summed E-state index contributed by atoms with van der Waals surface area (Å²) in [5.74, 6) is -0.0480. The Bertz CT molecular complexity index is 1270. The molecule has 4 bridgehead atoms. The second-order valence-electron chi connectivity index (χ2n) is 9.35. The number of nitrogens with zero attached hydrogens (tertiary/aromatic N) is 1. The zero-order valence-electron chi connectivity index (χ0n) is 19.9. The zero-order chi connectivity index (χ0) is 24.0. The Hall–Kier alpha value is -3.36. The summed E-state index contributed by atoms with van der Waals surface area (Å²) in [4.78, 5) is 15.8. The van der Waals surface area contributed by atoms with E-state index in [1.54, 1.807) is 0 Å². The SMILES string of the molecule is O=C(C(Cl)Cc1ccccc1)N(Cc1ccccc1)c1cc2ccc1CCc1ccc(cc1)CC2. The molecule has 0 fully saturated rings. The van der Waals surface area contributed by atoms with Crippen LogP contribution in [0.15, 0.2) is 103 Å². The third kappa shape index (κ3) is 5.83. The second kappa shape index (κ2) is 10.9. The van der Waals surface area contributed by atoms with Crippen molar-refractivity contribution in [3.8, 4) is 0 Å². The van der Waals surface area contributed by atoms with Crippen molar-refractivity contribution < 1.29 is 4.79 Å². The standard InChI is InChI=1S/C32H30ClNO/c33-30(21-26-7-3-1-4-8-26)32(35)34(23-28-9-5-2-6-10-28)31-22-27-16-15-24-11-13-25(14-12-24)17-19-29(31)20-18-27/h1-14,18,20,22,30H,15-17,19,21,23H2. The van der Waals surface area contributed by atoms with E-state index in [1.807, 2.05) is 53.4 Å². The van der Waals surface area contributed by atoms with Gasteiger partial charge in [0.1, 0.15) is 5.38 Å². The lowest BCUT2D eigenvalue weighted by molar-refractivity contribution is -0.118. The van der Waals surface area contributed by atoms with Crippen LogP contribution in [0.25, 0.3) is 0 Å². The Kier molecular flexibility index (Phi) is 7.30. The lowest BCUT2D eigenvalue weighted by Gasteiger charge is -2.28. The number of benzene rings is 4. The van der Waals surface area contributed by atoms with Gasteiger partial charge in [-0.3, -0.25) is 4.79 Å². The van der Waals surface area contributed by atoms with Gasteiger partial charge >= 0.3 is 0 Å². The number of halogens is 1. The van der Waals surface area contributed by atoms with Gasteiger partial charge in [0.25, 0.3) is 0 Å². The van der Waals surface area contributed by atoms with Gasteiger partial charge in [0.15, 0.2) is 0 Å². The second-order valence-corrected chi connectivity index (χ2v) is 9.87. The highest BCUT2D eigenvalue weighted by atomic mass is 35.5. The maximum absolute atomic E-state index is 13.9. The number of hydrogen-bond acceptors (Lipinski definition) is 1. The van der Waals surface area contributed by atoms with Crippen molar-refractivity contribution in [2.45, 2.75) is 44.0 Å². The lowest BCUT2D eigenvalue weighted by Crippen LogP contribution is -2.38. The van der Waals surface area contributed by atoms with E-state index >= 15 is 0 Å². The zero-order valence-corrected chi connectivity index (χ0v) is 20.6. The molecule has 0 N–H and O–H groups in total. The summed E-state index contributed by atoms with van der Waals surface area (Å²) >= 11 is 6.80. The van der Waals surface area contributed by atoms with Crippen molar-refractivity contribution in [1.82, 2.24) is 0 Å². The van der Waals surface area contributed by atoms with Crippen LogP contribution in [0.5, 0.6) is 0 Å². The third-order valence-corrected chi connectivity index (χ3v) is 7.17. The van der Waals surface area contributed by atoms with Crippen molar-refractivity contribution >= 4 is 23.2 Å². The number of carbonyl (C=O) groups excluding carboxylic acids is 1. The normalized spacial score (nSPS) is 13.6. The predicted molar refractivity (Wildman–Crippen MR) is 145 cm³/mol. The van der Waals surface area contributed by atoms with Gasteiger partial charge in [-0.1, -0.05) is 97.1 Å². The molecule has 176 valence electrons. The molecule has 0 heterocycles. The van der Waals surface area contributed by atoms with Crippen molar-refractivity contribution in [2.24, 2.45) is 0 Å². The van der Waals surface area contributed by atoms with Crippen LogP contribution in [-0.4, -0.2) is 11.3 Å². The van der Waals surface area contributed by atoms with Crippen molar-refractivity contribution in [2.75, 3.05) is 4.90 Å². The largest absolute Gasteiger partial charge is 0.306 e. The Morgan fingerprint density at radius 1 is 0.686 bits per heavy atom. The topological polar surface area (TPSA) is 20.3 Å². The first-order valence-electron chi connectivity index (χ1n) is 12.4. The Balaban J connectivity index is 1.50. The van der Waals surface area contributed by atoms with E-state index in [9.17, 15) is 4.79 Å². The monoisotopic (exact) mass is 479 g/mol. The van der Waals surface area contributed by atoms with E-state index in [0.717, 1.165) is 42.5 Å². The molecule has 3 heteroatoms. The molecule has 1 atom stereocenters. The highest BCUT2D eigenvalue weighted by Gasteiger charge is 2.26. The summed E-state index contributed by atoms with van der Waals surface area (Å²) in [6.45, 7) is 0.502. The first-order chi connectivity index (χ1) is 17.2. The van der Waals surface area contributed by atoms with Crippen LogP contribution in [-0.2, 0) is 43.4 Å². The molecule has 2 nitrogen and oxygen atoms in total. The van der Waals surface area contributed by atoms with Crippen LogP contribution < -0.4 is 4.90 Å². The van der Waals surface area contributed by atoms with E-state index in [-0.39, 0.29) is 5.91 Å². The molecule has 4 aromatic carbocycles.